The summed E-state index contributed by atoms with van der Waals surface area (Å²) in [5.41, 5.74) is 3.97. The van der Waals surface area contributed by atoms with Crippen molar-refractivity contribution in [2.75, 3.05) is 26.1 Å². The summed E-state index contributed by atoms with van der Waals surface area (Å²) in [6.07, 6.45) is 0. The van der Waals surface area contributed by atoms with E-state index in [1.54, 1.807) is 18.2 Å². The Labute approximate surface area is 196 Å². The highest BCUT2D eigenvalue weighted by Crippen LogP contribution is 2.28. The van der Waals surface area contributed by atoms with Crippen molar-refractivity contribution >= 4 is 45.3 Å². The van der Waals surface area contributed by atoms with Gasteiger partial charge in [-0.1, -0.05) is 18.2 Å². The predicted molar refractivity (Wildman–Crippen MR) is 130 cm³/mol. The highest BCUT2D eigenvalue weighted by molar-refractivity contribution is 6.10. The lowest BCUT2D eigenvalue weighted by molar-refractivity contribution is -0.119. The van der Waals surface area contributed by atoms with Gasteiger partial charge in [0.25, 0.3) is 5.91 Å². The number of para-hydroxylation sites is 1. The highest BCUT2D eigenvalue weighted by atomic mass is 16.5. The minimum atomic E-state index is -0.545. The number of carbonyl (C=O) groups excluding carboxylic acids is 3. The van der Waals surface area contributed by atoms with Crippen LogP contribution in [0.3, 0.4) is 0 Å². The Hall–Kier alpha value is -4.17. The first-order valence-corrected chi connectivity index (χ1v) is 10.7. The molecule has 0 atom stereocenters. The smallest absolute Gasteiger partial charge is 0.337 e. The second-order valence-electron chi connectivity index (χ2n) is 7.88. The molecule has 2 amide bonds. The molecular weight excluding hydrogens is 434 g/mol. The number of carbonyl (C=O) groups is 3. The molecule has 0 fully saturated rings. The number of hydrogen-bond donors (Lipinski definition) is 2. The lowest BCUT2D eigenvalue weighted by atomic mass is 10.1. The zero-order valence-corrected chi connectivity index (χ0v) is 19.2. The summed E-state index contributed by atoms with van der Waals surface area (Å²) in [7, 11) is 4.70. The minimum Gasteiger partial charge on any atom is -0.465 e. The van der Waals surface area contributed by atoms with E-state index in [0.29, 0.717) is 16.8 Å². The van der Waals surface area contributed by atoms with E-state index in [9.17, 15) is 14.4 Å². The van der Waals surface area contributed by atoms with Gasteiger partial charge >= 0.3 is 5.97 Å². The van der Waals surface area contributed by atoms with Crippen molar-refractivity contribution in [2.24, 2.45) is 7.05 Å². The topological polar surface area (TPSA) is 98.7 Å². The Morgan fingerprint density at radius 3 is 2.41 bits per heavy atom. The van der Waals surface area contributed by atoms with Crippen LogP contribution in [0, 0.1) is 0 Å². The third kappa shape index (κ3) is 4.62. The van der Waals surface area contributed by atoms with Crippen LogP contribution in [-0.4, -0.2) is 43.2 Å². The molecule has 8 heteroatoms. The molecule has 2 N–H and O–H groups in total. The van der Waals surface area contributed by atoms with Crippen LogP contribution in [0.5, 0.6) is 0 Å². The molecule has 0 aliphatic heterocycles. The maximum absolute atomic E-state index is 12.9. The van der Waals surface area contributed by atoms with Crippen molar-refractivity contribution in [3.8, 4) is 0 Å². The first kappa shape index (κ1) is 23.0. The summed E-state index contributed by atoms with van der Waals surface area (Å²) in [4.78, 5) is 36.9. The Kier molecular flexibility index (Phi) is 6.60. The van der Waals surface area contributed by atoms with Crippen molar-refractivity contribution in [1.82, 2.24) is 9.88 Å². The molecule has 8 nitrogen and oxygen atoms in total. The number of nitrogens with one attached hydrogen (secondary N) is 2. The number of esters is 1. The molecule has 1 heterocycles. The fourth-order valence-corrected chi connectivity index (χ4v) is 4.02. The second kappa shape index (κ2) is 9.76. The summed E-state index contributed by atoms with van der Waals surface area (Å²) in [5, 5.41) is 7.65. The first-order chi connectivity index (χ1) is 16.4. The number of methoxy groups -OCH3 is 2. The van der Waals surface area contributed by atoms with Gasteiger partial charge in [0.05, 0.1) is 12.7 Å². The Bertz CT molecular complexity index is 1410. The van der Waals surface area contributed by atoms with Gasteiger partial charge < -0.3 is 24.7 Å². The Morgan fingerprint density at radius 1 is 0.882 bits per heavy atom. The largest absolute Gasteiger partial charge is 0.465 e. The standard InChI is InChI=1S/C26H25N3O5/c1-29-22-7-5-4-6-20(22)21-13-17(8-9-23(21)29)25(31)27-14-16-10-18(26(32)34-3)12-19(11-16)28-24(30)15-33-2/h4-13H,14-15H2,1-3H3,(H,27,31)(H,28,30). The van der Waals surface area contributed by atoms with Crippen LogP contribution >= 0.6 is 0 Å². The van der Waals surface area contributed by atoms with E-state index in [2.05, 4.69) is 15.2 Å². The normalized spacial score (nSPS) is 10.9. The average Bonchev–Trinajstić information content (AvgIpc) is 3.13. The number of rotatable bonds is 7. The predicted octanol–water partition coefficient (Wildman–Crippen LogP) is 3.63. The highest BCUT2D eigenvalue weighted by Gasteiger charge is 2.14. The summed E-state index contributed by atoms with van der Waals surface area (Å²) in [5.74, 6) is -1.15. The fraction of sp³-hybridized carbons (Fsp3) is 0.192. The number of fused-ring (bicyclic) bond motifs is 3. The fourth-order valence-electron chi connectivity index (χ4n) is 4.02. The van der Waals surface area contributed by atoms with Crippen LogP contribution in [0.1, 0.15) is 26.3 Å². The van der Waals surface area contributed by atoms with E-state index in [1.165, 1.54) is 20.3 Å². The zero-order chi connectivity index (χ0) is 24.2. The molecule has 174 valence electrons. The van der Waals surface area contributed by atoms with E-state index in [-0.39, 0.29) is 30.5 Å². The number of hydrogen-bond acceptors (Lipinski definition) is 5. The van der Waals surface area contributed by atoms with Crippen LogP contribution < -0.4 is 10.6 Å². The van der Waals surface area contributed by atoms with E-state index < -0.39 is 5.97 Å². The van der Waals surface area contributed by atoms with Crippen molar-refractivity contribution in [3.05, 3.63) is 77.4 Å². The SMILES string of the molecule is COCC(=O)Nc1cc(CNC(=O)c2ccc3c(c2)c2ccccc2n3C)cc(C(=O)OC)c1. The van der Waals surface area contributed by atoms with Gasteiger partial charge in [-0.15, -0.1) is 0 Å². The van der Waals surface area contributed by atoms with Crippen molar-refractivity contribution in [2.45, 2.75) is 6.54 Å². The molecule has 1 aromatic heterocycles. The minimum absolute atomic E-state index is 0.120. The Balaban J connectivity index is 1.57. The van der Waals surface area contributed by atoms with Crippen LogP contribution in [0.4, 0.5) is 5.69 Å². The summed E-state index contributed by atoms with van der Waals surface area (Å²) in [6, 6.07) is 18.5. The first-order valence-electron chi connectivity index (χ1n) is 10.7. The van der Waals surface area contributed by atoms with Crippen LogP contribution in [0.25, 0.3) is 21.8 Å². The molecule has 3 aromatic carbocycles. The van der Waals surface area contributed by atoms with Crippen LogP contribution in [0.15, 0.2) is 60.7 Å². The van der Waals surface area contributed by atoms with Crippen molar-refractivity contribution in [3.63, 3.8) is 0 Å². The number of ether oxygens (including phenoxy) is 2. The average molecular weight is 460 g/mol. The molecule has 4 aromatic rings. The number of nitrogens with zero attached hydrogens (tertiary/aromatic N) is 1. The van der Waals surface area contributed by atoms with Crippen LogP contribution in [0.2, 0.25) is 0 Å². The number of amides is 2. The third-order valence-electron chi connectivity index (χ3n) is 5.60. The van der Waals surface area contributed by atoms with Crippen molar-refractivity contribution < 1.29 is 23.9 Å². The van der Waals surface area contributed by atoms with Gasteiger partial charge in [-0.25, -0.2) is 4.79 Å². The van der Waals surface area contributed by atoms with Crippen LogP contribution in [-0.2, 0) is 27.9 Å². The molecule has 4 rings (SSSR count). The molecule has 0 radical (unpaired) electrons. The van der Waals surface area contributed by atoms with Gasteiger partial charge in [-0.2, -0.15) is 0 Å². The Morgan fingerprint density at radius 2 is 1.65 bits per heavy atom. The van der Waals surface area contributed by atoms with E-state index in [4.69, 9.17) is 9.47 Å². The third-order valence-corrected chi connectivity index (χ3v) is 5.60. The maximum Gasteiger partial charge on any atom is 0.337 e. The summed E-state index contributed by atoms with van der Waals surface area (Å²) >= 11 is 0. The molecule has 0 saturated heterocycles. The number of anilines is 1. The summed E-state index contributed by atoms with van der Waals surface area (Å²) < 4.78 is 11.7. The molecule has 0 bridgehead atoms. The number of aryl methyl sites for hydroxylation is 1. The molecule has 0 aliphatic carbocycles. The van der Waals surface area contributed by atoms with Gasteiger partial charge in [0.2, 0.25) is 5.91 Å². The van der Waals surface area contributed by atoms with Crippen molar-refractivity contribution in [1.29, 1.82) is 0 Å². The van der Waals surface area contributed by atoms with Gasteiger partial charge in [0, 0.05) is 53.8 Å². The van der Waals surface area contributed by atoms with E-state index in [0.717, 1.165) is 21.8 Å². The maximum atomic E-state index is 12.9. The van der Waals surface area contributed by atoms with Gasteiger partial charge in [-0.3, -0.25) is 9.59 Å². The quantitative estimate of drug-likeness (QED) is 0.411. The molecule has 0 unspecified atom stereocenters. The molecule has 34 heavy (non-hydrogen) atoms. The lowest BCUT2D eigenvalue weighted by Crippen LogP contribution is -2.23. The lowest BCUT2D eigenvalue weighted by Gasteiger charge is -2.11. The van der Waals surface area contributed by atoms with Gasteiger partial charge in [0.15, 0.2) is 0 Å². The second-order valence-corrected chi connectivity index (χ2v) is 7.88. The van der Waals surface area contributed by atoms with E-state index >= 15 is 0 Å². The molecular formula is C26H25N3O5. The zero-order valence-electron chi connectivity index (χ0n) is 19.2. The molecule has 0 aliphatic rings. The monoisotopic (exact) mass is 459 g/mol. The summed E-state index contributed by atoms with van der Waals surface area (Å²) in [6.45, 7) is 0.0373. The van der Waals surface area contributed by atoms with Gasteiger partial charge in [-0.05, 0) is 48.0 Å². The van der Waals surface area contributed by atoms with E-state index in [1.807, 2.05) is 43.4 Å². The van der Waals surface area contributed by atoms with Gasteiger partial charge in [0.1, 0.15) is 6.61 Å². The molecule has 0 spiro atoms. The molecule has 0 saturated carbocycles. The number of benzene rings is 3. The number of aromatic nitrogens is 1.